The van der Waals surface area contributed by atoms with Crippen molar-refractivity contribution in [2.24, 2.45) is 0 Å². The third kappa shape index (κ3) is 2.32. The van der Waals surface area contributed by atoms with Gasteiger partial charge in [-0.2, -0.15) is 0 Å². The number of carboxylic acid groups (broad SMARTS) is 2. The molecule has 0 radical (unpaired) electrons. The van der Waals surface area contributed by atoms with E-state index in [0.717, 1.165) is 12.1 Å². The van der Waals surface area contributed by atoms with Gasteiger partial charge in [-0.25, -0.2) is 0 Å². The summed E-state index contributed by atoms with van der Waals surface area (Å²) >= 11 is 0. The number of carbonyl (C=O) groups excluding carboxylic acids is 2. The zero-order valence-electron chi connectivity index (χ0n) is 9.97. The molecule has 0 bridgehead atoms. The Morgan fingerprint density at radius 3 is 2.05 bits per heavy atom. The Hall–Kier alpha value is -2.86. The molecule has 2 aromatic rings. The Kier molecular flexibility index (Phi) is 3.40. The fourth-order valence-corrected chi connectivity index (χ4v) is 1.90. The first-order chi connectivity index (χ1) is 9.73. The predicted molar refractivity (Wildman–Crippen MR) is 59.1 cm³/mol. The number of aromatic nitrogens is 1. The molecule has 0 aliphatic carbocycles. The van der Waals surface area contributed by atoms with Crippen molar-refractivity contribution in [2.75, 3.05) is 10.5 Å². The number of anilines is 2. The Morgan fingerprint density at radius 2 is 1.62 bits per heavy atom. The average molecular weight is 297 g/mol. The van der Waals surface area contributed by atoms with E-state index in [1.807, 2.05) is 0 Å². The van der Waals surface area contributed by atoms with Crippen LogP contribution in [-0.4, -0.2) is 37.8 Å². The van der Waals surface area contributed by atoms with Crippen molar-refractivity contribution in [3.63, 3.8) is 0 Å². The maximum atomic E-state index is 11.1. The van der Waals surface area contributed by atoms with Gasteiger partial charge in [-0.1, -0.05) is 0 Å². The van der Waals surface area contributed by atoms with Gasteiger partial charge in [-0.3, -0.25) is 20.8 Å². The fraction of sp³-hybridized carbons (Fsp3) is 0. The number of hydrogen-bond donors (Lipinski definition) is 5. The summed E-state index contributed by atoms with van der Waals surface area (Å²) in [5.41, 5.74) is -3.00. The maximum absolute atomic E-state index is 11.1. The van der Waals surface area contributed by atoms with Crippen molar-refractivity contribution in [2.45, 2.75) is 0 Å². The van der Waals surface area contributed by atoms with Crippen LogP contribution in [0.25, 0.3) is 10.9 Å². The van der Waals surface area contributed by atoms with Crippen molar-refractivity contribution >= 4 is 34.2 Å². The number of fused-ring (bicyclic) bond motifs is 1. The van der Waals surface area contributed by atoms with Crippen LogP contribution in [0, 0.1) is 0 Å². The van der Waals surface area contributed by atoms with Crippen LogP contribution in [0.1, 0.15) is 20.8 Å². The van der Waals surface area contributed by atoms with Gasteiger partial charge in [0.15, 0.2) is 0 Å². The number of aromatic carboxylic acids is 2. The van der Waals surface area contributed by atoms with Crippen molar-refractivity contribution in [3.8, 4) is 0 Å². The molecule has 1 heterocycles. The molecular weight excluding hydrogens is 290 g/mol. The summed E-state index contributed by atoms with van der Waals surface area (Å²) < 4.78 is 0. The van der Waals surface area contributed by atoms with Crippen LogP contribution >= 0.6 is 0 Å². The zero-order chi connectivity index (χ0) is 15.9. The summed E-state index contributed by atoms with van der Waals surface area (Å²) in [6, 6.07) is 1.72. The standard InChI is InChI=1S/C10H9N3O8/c14-9(15)6-4-1-3(12(18)19)2-5(13(20)21)7(4)11-8(6)10(16)17/h1-2,11,18-21H,(H,14,15)(H,16,17)/p-2. The molecule has 0 aliphatic rings. The van der Waals surface area contributed by atoms with Gasteiger partial charge in [0.1, 0.15) is 5.69 Å². The highest BCUT2D eigenvalue weighted by atomic mass is 16.8. The van der Waals surface area contributed by atoms with Crippen molar-refractivity contribution in [3.05, 3.63) is 23.4 Å². The molecule has 0 aliphatic heterocycles. The minimum Gasteiger partial charge on any atom is -0.545 e. The third-order valence-electron chi connectivity index (χ3n) is 2.73. The number of nitrogens with zero attached hydrogens (tertiary/aromatic N) is 2. The van der Waals surface area contributed by atoms with E-state index < -0.39 is 45.0 Å². The summed E-state index contributed by atoms with van der Waals surface area (Å²) in [5, 5.41) is 56.8. The van der Waals surface area contributed by atoms with Gasteiger partial charge in [0, 0.05) is 10.9 Å². The largest absolute Gasteiger partial charge is 0.545 e. The highest BCUT2D eigenvalue weighted by Crippen LogP contribution is 2.33. The van der Waals surface area contributed by atoms with E-state index in [1.54, 1.807) is 0 Å². The van der Waals surface area contributed by atoms with Gasteiger partial charge in [0.25, 0.3) is 0 Å². The lowest BCUT2D eigenvalue weighted by molar-refractivity contribution is -0.259. The van der Waals surface area contributed by atoms with Crippen LogP contribution in [0.2, 0.25) is 0 Å². The molecule has 0 unspecified atom stereocenters. The molecule has 2 rings (SSSR count). The molecule has 0 spiro atoms. The molecule has 21 heavy (non-hydrogen) atoms. The number of carbonyl (C=O) groups is 2. The predicted octanol–water partition coefficient (Wildman–Crippen LogP) is -1.94. The molecule has 5 N–H and O–H groups in total. The second-order valence-corrected chi connectivity index (χ2v) is 3.92. The number of rotatable bonds is 4. The van der Waals surface area contributed by atoms with Crippen LogP contribution < -0.4 is 20.7 Å². The summed E-state index contributed by atoms with van der Waals surface area (Å²) in [7, 11) is 0. The Labute approximate surface area is 114 Å². The van der Waals surface area contributed by atoms with Crippen LogP contribution in [0.4, 0.5) is 11.4 Å². The molecule has 1 aromatic carbocycles. The van der Waals surface area contributed by atoms with E-state index in [2.05, 4.69) is 4.98 Å². The lowest BCUT2D eigenvalue weighted by atomic mass is 10.1. The first kappa shape index (κ1) is 14.5. The smallest absolute Gasteiger partial charge is 0.121 e. The van der Waals surface area contributed by atoms with E-state index in [9.17, 15) is 19.8 Å². The van der Waals surface area contributed by atoms with Gasteiger partial charge >= 0.3 is 0 Å². The van der Waals surface area contributed by atoms with E-state index in [-0.39, 0.29) is 10.9 Å². The van der Waals surface area contributed by atoms with Crippen LogP contribution in [0.3, 0.4) is 0 Å². The van der Waals surface area contributed by atoms with Gasteiger partial charge in [-0.05, 0) is 12.1 Å². The summed E-state index contributed by atoms with van der Waals surface area (Å²) in [6.45, 7) is 0. The van der Waals surface area contributed by atoms with Gasteiger partial charge < -0.3 is 24.8 Å². The number of aromatic amines is 1. The number of nitrogens with one attached hydrogen (secondary N) is 1. The number of carboxylic acids is 2. The highest BCUT2D eigenvalue weighted by Gasteiger charge is 2.20. The van der Waals surface area contributed by atoms with Crippen LogP contribution in [0.5, 0.6) is 0 Å². The summed E-state index contributed by atoms with van der Waals surface area (Å²) in [4.78, 5) is 24.1. The highest BCUT2D eigenvalue weighted by molar-refractivity contribution is 6.13. The van der Waals surface area contributed by atoms with Gasteiger partial charge in [0.2, 0.25) is 0 Å². The fourth-order valence-electron chi connectivity index (χ4n) is 1.90. The van der Waals surface area contributed by atoms with Gasteiger partial charge in [0.05, 0.1) is 28.8 Å². The number of benzene rings is 1. The molecule has 0 fully saturated rings. The summed E-state index contributed by atoms with van der Waals surface area (Å²) in [5.74, 6) is -3.75. The molecule has 0 amide bonds. The van der Waals surface area contributed by atoms with Crippen molar-refractivity contribution < 1.29 is 40.6 Å². The topological polar surface area (TPSA) is 183 Å². The summed E-state index contributed by atoms with van der Waals surface area (Å²) in [6.07, 6.45) is 0. The van der Waals surface area contributed by atoms with E-state index in [4.69, 9.17) is 20.8 Å². The average Bonchev–Trinajstić information content (AvgIpc) is 2.76. The molecular formula is C10H7N3O8-2. The molecule has 0 atom stereocenters. The molecule has 0 saturated heterocycles. The lowest BCUT2D eigenvalue weighted by Gasteiger charge is -2.14. The van der Waals surface area contributed by atoms with Crippen LogP contribution in [0.15, 0.2) is 12.1 Å². The van der Waals surface area contributed by atoms with Crippen LogP contribution in [-0.2, 0) is 0 Å². The minimum atomic E-state index is -1.88. The third-order valence-corrected chi connectivity index (χ3v) is 2.73. The molecule has 0 saturated carbocycles. The maximum Gasteiger partial charge on any atom is 0.121 e. The SMILES string of the molecule is O=C([O-])c1[nH]c2c(N(O)O)cc(N(O)O)cc2c1C(=O)[O-]. The van der Waals surface area contributed by atoms with Gasteiger partial charge in [-0.15, -0.1) is 10.5 Å². The van der Waals surface area contributed by atoms with Crippen molar-refractivity contribution in [1.82, 2.24) is 4.98 Å². The normalized spacial score (nSPS) is 10.7. The molecule has 11 nitrogen and oxygen atoms in total. The Bertz CT molecular complexity index is 735. The zero-order valence-corrected chi connectivity index (χ0v) is 9.97. The monoisotopic (exact) mass is 297 g/mol. The first-order valence-electron chi connectivity index (χ1n) is 5.22. The quantitative estimate of drug-likeness (QED) is 0.398. The lowest BCUT2D eigenvalue weighted by Crippen LogP contribution is -2.29. The van der Waals surface area contributed by atoms with Crippen molar-refractivity contribution in [1.29, 1.82) is 0 Å². The molecule has 11 heteroatoms. The second kappa shape index (κ2) is 4.92. The number of H-pyrrole nitrogens is 1. The number of hydrogen-bond acceptors (Lipinski definition) is 10. The Balaban J connectivity index is 2.94. The van der Waals surface area contributed by atoms with E-state index >= 15 is 0 Å². The first-order valence-corrected chi connectivity index (χ1v) is 5.22. The second-order valence-electron chi connectivity index (χ2n) is 3.92. The van der Waals surface area contributed by atoms with E-state index in [1.165, 1.54) is 0 Å². The van der Waals surface area contributed by atoms with E-state index in [0.29, 0.717) is 0 Å². The molecule has 1 aromatic heterocycles. The minimum absolute atomic E-state index is 0.302. The Morgan fingerprint density at radius 1 is 1.00 bits per heavy atom. The molecule has 112 valence electrons.